The lowest BCUT2D eigenvalue weighted by Crippen LogP contribution is -2.13. The summed E-state index contributed by atoms with van der Waals surface area (Å²) in [7, 11) is 0. The van der Waals surface area contributed by atoms with E-state index in [1.54, 1.807) is 0 Å². The zero-order chi connectivity index (χ0) is 20.8. The fourth-order valence-electron chi connectivity index (χ4n) is 3.56. The summed E-state index contributed by atoms with van der Waals surface area (Å²) in [6.45, 7) is 0.639. The van der Waals surface area contributed by atoms with E-state index in [1.807, 2.05) is 54.6 Å². The number of hydrogen-bond donors (Lipinski definition) is 3. The van der Waals surface area contributed by atoms with Crippen molar-refractivity contribution in [1.82, 2.24) is 4.98 Å². The van der Waals surface area contributed by atoms with Crippen molar-refractivity contribution in [2.45, 2.75) is 19.4 Å². The van der Waals surface area contributed by atoms with Crippen LogP contribution in [0.4, 0.5) is 17.2 Å². The van der Waals surface area contributed by atoms with Crippen molar-refractivity contribution in [3.8, 4) is 0 Å². The molecule has 0 atom stereocenters. The Morgan fingerprint density at radius 2 is 1.10 bits per heavy atom. The highest BCUT2D eigenvalue weighted by atomic mass is 15.0. The molecule has 0 radical (unpaired) electrons. The van der Waals surface area contributed by atoms with Crippen LogP contribution in [0.25, 0.3) is 0 Å². The van der Waals surface area contributed by atoms with E-state index in [2.05, 4.69) is 41.7 Å². The van der Waals surface area contributed by atoms with E-state index in [0.29, 0.717) is 36.6 Å². The van der Waals surface area contributed by atoms with Crippen molar-refractivity contribution in [3.05, 3.63) is 119 Å². The average Bonchev–Trinajstić information content (AvgIpc) is 2.80. The van der Waals surface area contributed by atoms with Gasteiger partial charge in [0.2, 0.25) is 0 Å². The van der Waals surface area contributed by atoms with Crippen LogP contribution < -0.4 is 16.8 Å². The summed E-state index contributed by atoms with van der Waals surface area (Å²) in [6, 6.07) is 30.8. The van der Waals surface area contributed by atoms with Crippen molar-refractivity contribution in [2.75, 3.05) is 16.8 Å². The Labute approximate surface area is 177 Å². The Bertz CT molecular complexity index is 1090. The third-order valence-electron chi connectivity index (χ3n) is 5.21. The normalized spacial score (nSPS) is 10.7. The number of rotatable bonds is 7. The first-order valence-corrected chi connectivity index (χ1v) is 10.1. The first-order valence-electron chi connectivity index (χ1n) is 10.1. The van der Waals surface area contributed by atoms with Crippen LogP contribution in [0.15, 0.2) is 91.0 Å². The lowest BCUT2D eigenvalue weighted by Gasteiger charge is -2.18. The van der Waals surface area contributed by atoms with Crippen molar-refractivity contribution in [2.24, 2.45) is 0 Å². The minimum Gasteiger partial charge on any atom is -0.397 e. The van der Waals surface area contributed by atoms with E-state index in [9.17, 15) is 0 Å². The number of aromatic nitrogens is 1. The minimum absolute atomic E-state index is 0.508. The van der Waals surface area contributed by atoms with Crippen LogP contribution >= 0.6 is 0 Å². The van der Waals surface area contributed by atoms with Gasteiger partial charge in [0.05, 0.1) is 17.1 Å². The molecule has 0 amide bonds. The number of hydrogen-bond acceptors (Lipinski definition) is 4. The monoisotopic (exact) mass is 394 g/mol. The summed E-state index contributed by atoms with van der Waals surface area (Å²) in [5.41, 5.74) is 19.6. The summed E-state index contributed by atoms with van der Waals surface area (Å²) in [6.07, 6.45) is 1.40. The predicted octanol–water partition coefficient (Wildman–Crippen LogP) is 5.04. The van der Waals surface area contributed by atoms with Gasteiger partial charge in [-0.2, -0.15) is 0 Å². The molecule has 0 spiro atoms. The van der Waals surface area contributed by atoms with Crippen LogP contribution in [-0.4, -0.2) is 4.98 Å². The molecule has 0 fully saturated rings. The zero-order valence-corrected chi connectivity index (χ0v) is 16.9. The smallest absolute Gasteiger partial charge is 0.151 e. The van der Waals surface area contributed by atoms with Gasteiger partial charge in [0.25, 0.3) is 0 Å². The summed E-state index contributed by atoms with van der Waals surface area (Å²) < 4.78 is 0. The quantitative estimate of drug-likeness (QED) is 0.410. The van der Waals surface area contributed by atoms with E-state index >= 15 is 0 Å². The van der Waals surface area contributed by atoms with Crippen LogP contribution in [0, 0.1) is 0 Å². The molecule has 0 saturated carbocycles. The number of nitrogen functional groups attached to an aromatic ring is 2. The Morgan fingerprint density at radius 3 is 1.67 bits per heavy atom. The molecule has 3 aromatic carbocycles. The van der Waals surface area contributed by atoms with Gasteiger partial charge in [-0.25, -0.2) is 4.98 Å². The highest BCUT2D eigenvalue weighted by Gasteiger charge is 2.17. The largest absolute Gasteiger partial charge is 0.397 e. The average molecular weight is 395 g/mol. The molecule has 0 aliphatic carbocycles. The second-order valence-corrected chi connectivity index (χ2v) is 7.38. The van der Waals surface area contributed by atoms with Gasteiger partial charge in [0.1, 0.15) is 0 Å². The van der Waals surface area contributed by atoms with E-state index in [4.69, 9.17) is 16.5 Å². The summed E-state index contributed by atoms with van der Waals surface area (Å²) in [5.74, 6) is 0.638. The van der Waals surface area contributed by atoms with Crippen LogP contribution in [0.5, 0.6) is 0 Å². The number of benzene rings is 3. The van der Waals surface area contributed by atoms with Gasteiger partial charge in [-0.1, -0.05) is 91.0 Å². The molecule has 150 valence electrons. The highest BCUT2D eigenvalue weighted by Crippen LogP contribution is 2.32. The van der Waals surface area contributed by atoms with Gasteiger partial charge in [-0.3, -0.25) is 0 Å². The Balaban J connectivity index is 1.69. The molecule has 4 aromatic rings. The van der Waals surface area contributed by atoms with Gasteiger partial charge < -0.3 is 16.8 Å². The fraction of sp³-hybridized carbons (Fsp3) is 0.115. The molecule has 0 aliphatic heterocycles. The molecular weight excluding hydrogens is 368 g/mol. The molecule has 1 heterocycles. The Kier molecular flexibility index (Phi) is 5.95. The van der Waals surface area contributed by atoms with Crippen molar-refractivity contribution < 1.29 is 0 Å². The van der Waals surface area contributed by atoms with Crippen molar-refractivity contribution in [1.29, 1.82) is 0 Å². The van der Waals surface area contributed by atoms with Crippen LogP contribution in [0.3, 0.4) is 0 Å². The maximum Gasteiger partial charge on any atom is 0.151 e. The van der Waals surface area contributed by atoms with Crippen molar-refractivity contribution in [3.63, 3.8) is 0 Å². The molecule has 0 bridgehead atoms. The fourth-order valence-corrected chi connectivity index (χ4v) is 3.56. The van der Waals surface area contributed by atoms with E-state index in [0.717, 1.165) is 16.8 Å². The molecule has 4 heteroatoms. The van der Waals surface area contributed by atoms with Gasteiger partial charge >= 0.3 is 0 Å². The number of nitrogens with two attached hydrogens (primary N) is 2. The first-order chi connectivity index (χ1) is 14.7. The molecular formula is C26H26N4. The molecule has 4 nitrogen and oxygen atoms in total. The van der Waals surface area contributed by atoms with E-state index in [-0.39, 0.29) is 0 Å². The first kappa shape index (κ1) is 19.5. The maximum absolute atomic E-state index is 6.55. The molecule has 5 N–H and O–H groups in total. The van der Waals surface area contributed by atoms with E-state index < -0.39 is 0 Å². The minimum atomic E-state index is 0.508. The molecule has 0 saturated heterocycles. The second kappa shape index (κ2) is 9.14. The standard InChI is InChI=1S/C26H26N4/c27-24-22(16-19-10-4-1-5-11-19)23(17-20-12-6-2-7-13-20)30-26(25(24)28)29-18-21-14-8-3-9-15-21/h1-15H,16-18,28H2,(H3,27,29,30). The number of nitrogens with one attached hydrogen (secondary N) is 1. The molecule has 30 heavy (non-hydrogen) atoms. The zero-order valence-electron chi connectivity index (χ0n) is 16.9. The summed E-state index contributed by atoms with van der Waals surface area (Å²) in [4.78, 5) is 4.92. The lowest BCUT2D eigenvalue weighted by molar-refractivity contribution is 0.998. The maximum atomic E-state index is 6.55. The third kappa shape index (κ3) is 4.61. The summed E-state index contributed by atoms with van der Waals surface area (Å²) >= 11 is 0. The van der Waals surface area contributed by atoms with Crippen LogP contribution in [-0.2, 0) is 19.4 Å². The topological polar surface area (TPSA) is 77.0 Å². The highest BCUT2D eigenvalue weighted by molar-refractivity contribution is 5.79. The number of anilines is 3. The second-order valence-electron chi connectivity index (χ2n) is 7.38. The van der Waals surface area contributed by atoms with Gasteiger partial charge in [0, 0.05) is 24.9 Å². The predicted molar refractivity (Wildman–Crippen MR) is 125 cm³/mol. The molecule has 0 aliphatic rings. The Morgan fingerprint density at radius 1 is 0.600 bits per heavy atom. The van der Waals surface area contributed by atoms with Crippen molar-refractivity contribution >= 4 is 17.2 Å². The van der Waals surface area contributed by atoms with E-state index in [1.165, 1.54) is 11.1 Å². The third-order valence-corrected chi connectivity index (χ3v) is 5.21. The number of pyridine rings is 1. The van der Waals surface area contributed by atoms with Gasteiger partial charge in [-0.05, 0) is 16.7 Å². The van der Waals surface area contributed by atoms with Gasteiger partial charge in [0.15, 0.2) is 5.82 Å². The van der Waals surface area contributed by atoms with Gasteiger partial charge in [-0.15, -0.1) is 0 Å². The van der Waals surface area contributed by atoms with Crippen LogP contribution in [0.2, 0.25) is 0 Å². The summed E-state index contributed by atoms with van der Waals surface area (Å²) in [5, 5.41) is 3.37. The molecule has 1 aromatic heterocycles. The molecule has 0 unspecified atom stereocenters. The SMILES string of the molecule is Nc1c(NCc2ccccc2)nc(Cc2ccccc2)c(Cc2ccccc2)c1N. The Hall–Kier alpha value is -3.79. The molecule has 4 rings (SSSR count). The lowest BCUT2D eigenvalue weighted by atomic mass is 9.97. The number of nitrogens with zero attached hydrogens (tertiary/aromatic N) is 1. The van der Waals surface area contributed by atoms with Crippen LogP contribution in [0.1, 0.15) is 27.9 Å².